The number of hydrogen-bond donors (Lipinski definition) is 0. The number of para-hydroxylation sites is 1. The van der Waals surface area contributed by atoms with Gasteiger partial charge in [0.05, 0.1) is 24.7 Å². The van der Waals surface area contributed by atoms with Crippen LogP contribution in [0.1, 0.15) is 29.3 Å². The molecule has 1 unspecified atom stereocenters. The minimum Gasteiger partial charge on any atom is -0.493 e. The molecule has 1 aromatic carbocycles. The number of aryl methyl sites for hydroxylation is 1. The highest BCUT2D eigenvalue weighted by atomic mass is 16.5. The van der Waals surface area contributed by atoms with Crippen molar-refractivity contribution in [1.29, 1.82) is 0 Å². The standard InChI is InChI=1S/C15H16O5/c1-3-19-15(18)13(17)10-7-8-20-14-9(2)5-4-6-11(14)12(10)16/h4-6,10H,3,7-8H2,1-2H3. The van der Waals surface area contributed by atoms with Crippen LogP contribution in [0, 0.1) is 12.8 Å². The van der Waals surface area contributed by atoms with Gasteiger partial charge in [-0.25, -0.2) is 4.79 Å². The Balaban J connectivity index is 2.32. The summed E-state index contributed by atoms with van der Waals surface area (Å²) in [5.41, 5.74) is 1.19. The summed E-state index contributed by atoms with van der Waals surface area (Å²) in [4.78, 5) is 35.9. The summed E-state index contributed by atoms with van der Waals surface area (Å²) in [6.07, 6.45) is 0.185. The Morgan fingerprint density at radius 2 is 2.15 bits per heavy atom. The second kappa shape index (κ2) is 5.86. The first kappa shape index (κ1) is 14.2. The summed E-state index contributed by atoms with van der Waals surface area (Å²) in [6.45, 7) is 3.78. The molecule has 20 heavy (non-hydrogen) atoms. The third kappa shape index (κ3) is 2.57. The van der Waals surface area contributed by atoms with Crippen LogP contribution in [0.2, 0.25) is 0 Å². The number of esters is 1. The predicted octanol–water partition coefficient (Wildman–Crippen LogP) is 1.71. The molecule has 0 saturated heterocycles. The summed E-state index contributed by atoms with van der Waals surface area (Å²) < 4.78 is 10.2. The largest absolute Gasteiger partial charge is 0.493 e. The molecule has 0 spiro atoms. The summed E-state index contributed by atoms with van der Waals surface area (Å²) in [6, 6.07) is 5.17. The van der Waals surface area contributed by atoms with Crippen molar-refractivity contribution in [3.63, 3.8) is 0 Å². The van der Waals surface area contributed by atoms with Crippen molar-refractivity contribution in [2.24, 2.45) is 5.92 Å². The van der Waals surface area contributed by atoms with E-state index in [4.69, 9.17) is 4.74 Å². The molecule has 0 saturated carbocycles. The number of ether oxygens (including phenoxy) is 2. The average molecular weight is 276 g/mol. The lowest BCUT2D eigenvalue weighted by atomic mass is 9.91. The molecule has 1 aromatic rings. The van der Waals surface area contributed by atoms with Gasteiger partial charge in [-0.2, -0.15) is 0 Å². The predicted molar refractivity (Wildman–Crippen MR) is 70.8 cm³/mol. The molecule has 0 aliphatic carbocycles. The monoisotopic (exact) mass is 276 g/mol. The van der Waals surface area contributed by atoms with Crippen molar-refractivity contribution in [2.45, 2.75) is 20.3 Å². The van der Waals surface area contributed by atoms with Crippen LogP contribution in [0.15, 0.2) is 18.2 Å². The van der Waals surface area contributed by atoms with Gasteiger partial charge in [0.25, 0.3) is 5.78 Å². The number of ketones is 2. The Morgan fingerprint density at radius 1 is 1.40 bits per heavy atom. The number of hydrogen-bond acceptors (Lipinski definition) is 5. The van der Waals surface area contributed by atoms with E-state index in [9.17, 15) is 14.4 Å². The van der Waals surface area contributed by atoms with Crippen molar-refractivity contribution in [1.82, 2.24) is 0 Å². The lowest BCUT2D eigenvalue weighted by Crippen LogP contribution is -2.31. The first-order valence-corrected chi connectivity index (χ1v) is 6.53. The van der Waals surface area contributed by atoms with E-state index in [1.807, 2.05) is 13.0 Å². The van der Waals surface area contributed by atoms with Crippen molar-refractivity contribution in [3.05, 3.63) is 29.3 Å². The number of carbonyl (C=O) groups is 3. The van der Waals surface area contributed by atoms with Crippen molar-refractivity contribution in [2.75, 3.05) is 13.2 Å². The number of carbonyl (C=O) groups excluding carboxylic acids is 3. The maximum Gasteiger partial charge on any atom is 0.375 e. The summed E-state index contributed by atoms with van der Waals surface area (Å²) in [7, 11) is 0. The van der Waals surface area contributed by atoms with Gasteiger partial charge in [0.2, 0.25) is 0 Å². The highest BCUT2D eigenvalue weighted by Crippen LogP contribution is 2.30. The second-order valence-electron chi connectivity index (χ2n) is 4.59. The van der Waals surface area contributed by atoms with Gasteiger partial charge in [-0.05, 0) is 31.9 Å². The van der Waals surface area contributed by atoms with Crippen molar-refractivity contribution in [3.8, 4) is 5.75 Å². The SMILES string of the molecule is CCOC(=O)C(=O)C1CCOc2c(C)cccc2C1=O. The third-order valence-corrected chi connectivity index (χ3v) is 3.24. The number of fused-ring (bicyclic) bond motifs is 1. The van der Waals surface area contributed by atoms with Gasteiger partial charge in [0.15, 0.2) is 5.78 Å². The van der Waals surface area contributed by atoms with Gasteiger partial charge in [-0.1, -0.05) is 12.1 Å². The maximum absolute atomic E-state index is 12.4. The Kier molecular flexibility index (Phi) is 4.17. The molecule has 5 nitrogen and oxygen atoms in total. The van der Waals surface area contributed by atoms with E-state index in [-0.39, 0.29) is 25.4 Å². The molecule has 1 atom stereocenters. The molecule has 0 bridgehead atoms. The highest BCUT2D eigenvalue weighted by molar-refractivity contribution is 6.39. The van der Waals surface area contributed by atoms with Crippen LogP contribution >= 0.6 is 0 Å². The first-order valence-electron chi connectivity index (χ1n) is 6.53. The molecular weight excluding hydrogens is 260 g/mol. The zero-order valence-electron chi connectivity index (χ0n) is 11.5. The fourth-order valence-electron chi connectivity index (χ4n) is 2.23. The van der Waals surface area contributed by atoms with Gasteiger partial charge >= 0.3 is 5.97 Å². The minimum absolute atomic E-state index is 0.109. The lowest BCUT2D eigenvalue weighted by molar-refractivity contribution is -0.154. The topological polar surface area (TPSA) is 69.7 Å². The molecule has 1 aliphatic rings. The van der Waals surface area contributed by atoms with Crippen molar-refractivity contribution >= 4 is 17.5 Å². The molecule has 0 fully saturated rings. The summed E-state index contributed by atoms with van der Waals surface area (Å²) in [5.74, 6) is -2.65. The van der Waals surface area contributed by atoms with E-state index < -0.39 is 17.7 Å². The Labute approximate surface area is 116 Å². The van der Waals surface area contributed by atoms with Crippen LogP contribution < -0.4 is 4.74 Å². The number of rotatable bonds is 3. The zero-order valence-corrected chi connectivity index (χ0v) is 11.5. The van der Waals surface area contributed by atoms with Crippen LogP contribution in [0.4, 0.5) is 0 Å². The van der Waals surface area contributed by atoms with Crippen LogP contribution in [0.3, 0.4) is 0 Å². The van der Waals surface area contributed by atoms with Gasteiger partial charge < -0.3 is 9.47 Å². The molecule has 2 rings (SSSR count). The first-order chi connectivity index (χ1) is 9.56. The molecule has 1 aliphatic heterocycles. The Morgan fingerprint density at radius 3 is 2.85 bits per heavy atom. The van der Waals surface area contributed by atoms with Crippen LogP contribution in [0.25, 0.3) is 0 Å². The zero-order chi connectivity index (χ0) is 14.7. The number of benzene rings is 1. The molecule has 5 heteroatoms. The fraction of sp³-hybridized carbons (Fsp3) is 0.400. The van der Waals surface area contributed by atoms with Gasteiger partial charge in [0, 0.05) is 0 Å². The second-order valence-corrected chi connectivity index (χ2v) is 4.59. The van der Waals surface area contributed by atoms with E-state index in [0.717, 1.165) is 5.56 Å². The normalized spacial score (nSPS) is 17.7. The van der Waals surface area contributed by atoms with E-state index in [1.54, 1.807) is 19.1 Å². The van der Waals surface area contributed by atoms with E-state index in [0.29, 0.717) is 11.3 Å². The molecule has 1 heterocycles. The highest BCUT2D eigenvalue weighted by Gasteiger charge is 2.36. The fourth-order valence-corrected chi connectivity index (χ4v) is 2.23. The lowest BCUT2D eigenvalue weighted by Gasteiger charge is -2.10. The Bertz CT molecular complexity index is 561. The number of Topliss-reactive ketones (excluding diaryl/α,β-unsaturated/α-hetero) is 2. The third-order valence-electron chi connectivity index (χ3n) is 3.24. The van der Waals surface area contributed by atoms with Crippen LogP contribution in [0.5, 0.6) is 5.75 Å². The van der Waals surface area contributed by atoms with E-state index in [1.165, 1.54) is 0 Å². The molecule has 0 N–H and O–H groups in total. The molecule has 0 aromatic heterocycles. The summed E-state index contributed by atoms with van der Waals surface area (Å²) >= 11 is 0. The molecular formula is C15H16O5. The van der Waals surface area contributed by atoms with Gasteiger partial charge in [-0.15, -0.1) is 0 Å². The molecule has 106 valence electrons. The molecule has 0 amide bonds. The van der Waals surface area contributed by atoms with Crippen molar-refractivity contribution < 1.29 is 23.9 Å². The van der Waals surface area contributed by atoms with E-state index in [2.05, 4.69) is 4.74 Å². The van der Waals surface area contributed by atoms with E-state index >= 15 is 0 Å². The van der Waals surface area contributed by atoms with Gasteiger partial charge in [0.1, 0.15) is 5.75 Å². The quantitative estimate of drug-likeness (QED) is 0.477. The maximum atomic E-state index is 12.4. The molecule has 0 radical (unpaired) electrons. The van der Waals surface area contributed by atoms with Crippen LogP contribution in [-0.2, 0) is 14.3 Å². The average Bonchev–Trinajstić information content (AvgIpc) is 2.59. The Hall–Kier alpha value is -2.17. The minimum atomic E-state index is -1.02. The summed E-state index contributed by atoms with van der Waals surface area (Å²) in [5, 5.41) is 0. The van der Waals surface area contributed by atoms with Gasteiger partial charge in [-0.3, -0.25) is 9.59 Å². The smallest absolute Gasteiger partial charge is 0.375 e. The van der Waals surface area contributed by atoms with Crippen LogP contribution in [-0.4, -0.2) is 30.7 Å².